The Morgan fingerprint density at radius 3 is 2.69 bits per heavy atom. The molecule has 0 aliphatic heterocycles. The predicted octanol–water partition coefficient (Wildman–Crippen LogP) is 0.429. The molecule has 0 atom stereocenters. The van der Waals surface area contributed by atoms with Crippen LogP contribution in [0, 0.1) is 13.8 Å². The molecule has 1 heterocycles. The maximum absolute atomic E-state index is 11.3. The van der Waals surface area contributed by atoms with Gasteiger partial charge in [-0.15, -0.1) is 0 Å². The van der Waals surface area contributed by atoms with E-state index < -0.39 is 5.91 Å². The Labute approximate surface area is 95.4 Å². The van der Waals surface area contributed by atoms with Gasteiger partial charge < -0.3 is 16.4 Å². The molecule has 1 rings (SSSR count). The van der Waals surface area contributed by atoms with Crippen LogP contribution in [0.2, 0.25) is 0 Å². The van der Waals surface area contributed by atoms with Crippen molar-refractivity contribution >= 4 is 11.6 Å². The summed E-state index contributed by atoms with van der Waals surface area (Å²) >= 11 is 0. The quantitative estimate of drug-likeness (QED) is 0.631. The lowest BCUT2D eigenvalue weighted by atomic mass is 10.1. The van der Waals surface area contributed by atoms with Crippen LogP contribution in [0.25, 0.3) is 0 Å². The van der Waals surface area contributed by atoms with Gasteiger partial charge >= 0.3 is 0 Å². The second-order valence-corrected chi connectivity index (χ2v) is 3.67. The van der Waals surface area contributed by atoms with Crippen LogP contribution in [0.5, 0.6) is 0 Å². The minimum absolute atomic E-state index is 0.447. The molecule has 0 spiro atoms. The van der Waals surface area contributed by atoms with E-state index >= 15 is 0 Å². The highest BCUT2D eigenvalue weighted by atomic mass is 16.1. The zero-order valence-corrected chi connectivity index (χ0v) is 9.92. The van der Waals surface area contributed by atoms with Crippen molar-refractivity contribution in [2.24, 2.45) is 5.73 Å². The highest BCUT2D eigenvalue weighted by molar-refractivity contribution is 5.99. The van der Waals surface area contributed by atoms with Crippen LogP contribution in [-0.4, -0.2) is 31.0 Å². The molecule has 0 saturated carbocycles. The predicted molar refractivity (Wildman–Crippen MR) is 64.6 cm³/mol. The molecule has 0 unspecified atom stereocenters. The number of carbonyl (C=O) groups is 1. The first-order chi connectivity index (χ1) is 7.56. The van der Waals surface area contributed by atoms with Gasteiger partial charge in [-0.05, 0) is 27.0 Å². The lowest BCUT2D eigenvalue weighted by Crippen LogP contribution is -2.21. The molecule has 5 heteroatoms. The number of aryl methyl sites for hydroxylation is 2. The summed E-state index contributed by atoms with van der Waals surface area (Å²) in [4.78, 5) is 15.5. The van der Waals surface area contributed by atoms with E-state index in [1.807, 2.05) is 20.0 Å². The molecule has 1 aromatic rings. The van der Waals surface area contributed by atoms with Crippen LogP contribution >= 0.6 is 0 Å². The Balaban J connectivity index is 2.99. The summed E-state index contributed by atoms with van der Waals surface area (Å²) in [5, 5.41) is 6.20. The summed E-state index contributed by atoms with van der Waals surface area (Å²) in [6.45, 7) is 5.23. The number of pyridine rings is 1. The fourth-order valence-corrected chi connectivity index (χ4v) is 1.60. The molecular formula is C11H18N4O. The Hall–Kier alpha value is -1.62. The Bertz CT molecular complexity index is 390. The normalized spacial score (nSPS) is 10.2. The van der Waals surface area contributed by atoms with Gasteiger partial charge in [0.15, 0.2) is 0 Å². The molecule has 0 bridgehead atoms. The topological polar surface area (TPSA) is 80.0 Å². The van der Waals surface area contributed by atoms with Gasteiger partial charge in [0.05, 0.1) is 16.9 Å². The van der Waals surface area contributed by atoms with Crippen molar-refractivity contribution in [2.75, 3.05) is 25.5 Å². The van der Waals surface area contributed by atoms with Crippen molar-refractivity contribution in [1.29, 1.82) is 0 Å². The molecule has 1 aromatic heterocycles. The third kappa shape index (κ3) is 2.93. The van der Waals surface area contributed by atoms with Gasteiger partial charge in [-0.25, -0.2) is 0 Å². The number of aromatic nitrogens is 1. The molecule has 0 aromatic carbocycles. The zero-order chi connectivity index (χ0) is 12.1. The van der Waals surface area contributed by atoms with Gasteiger partial charge in [0, 0.05) is 18.8 Å². The maximum Gasteiger partial charge on any atom is 0.252 e. The second-order valence-electron chi connectivity index (χ2n) is 3.67. The van der Waals surface area contributed by atoms with E-state index in [2.05, 4.69) is 15.6 Å². The highest BCUT2D eigenvalue weighted by Gasteiger charge is 2.12. The van der Waals surface area contributed by atoms with Crippen molar-refractivity contribution in [3.05, 3.63) is 23.0 Å². The third-order valence-electron chi connectivity index (χ3n) is 2.27. The number of hydrogen-bond acceptors (Lipinski definition) is 4. The summed E-state index contributed by atoms with van der Waals surface area (Å²) in [6.07, 6.45) is 0. The van der Waals surface area contributed by atoms with E-state index in [0.717, 1.165) is 24.5 Å². The molecule has 1 amide bonds. The lowest BCUT2D eigenvalue weighted by Gasteiger charge is -2.12. The van der Waals surface area contributed by atoms with Crippen molar-refractivity contribution in [2.45, 2.75) is 13.8 Å². The summed E-state index contributed by atoms with van der Waals surface area (Å²) in [5.74, 6) is -0.447. The monoisotopic (exact) mass is 222 g/mol. The average molecular weight is 222 g/mol. The standard InChI is InChI=1S/C11H18N4O/c1-7-6-9(14-5-4-13-3)10(11(12)16)8(2)15-7/h6,13H,4-5H2,1-3H3,(H2,12,16)(H,14,15). The fraction of sp³-hybridized carbons (Fsp3) is 0.455. The summed E-state index contributed by atoms with van der Waals surface area (Å²) < 4.78 is 0. The van der Waals surface area contributed by atoms with E-state index in [4.69, 9.17) is 5.73 Å². The zero-order valence-electron chi connectivity index (χ0n) is 9.92. The van der Waals surface area contributed by atoms with E-state index in [9.17, 15) is 4.79 Å². The van der Waals surface area contributed by atoms with Gasteiger partial charge in [0.1, 0.15) is 0 Å². The van der Waals surface area contributed by atoms with Crippen LogP contribution in [0.3, 0.4) is 0 Å². The number of nitrogens with two attached hydrogens (primary N) is 1. The van der Waals surface area contributed by atoms with Crippen molar-refractivity contribution < 1.29 is 4.79 Å². The number of nitrogens with one attached hydrogen (secondary N) is 2. The Kier molecular flexibility index (Phi) is 4.25. The number of hydrogen-bond donors (Lipinski definition) is 3. The van der Waals surface area contributed by atoms with E-state index in [1.54, 1.807) is 6.92 Å². The SMILES string of the molecule is CNCCNc1cc(C)nc(C)c1C(N)=O. The van der Waals surface area contributed by atoms with Crippen LogP contribution in [0.4, 0.5) is 5.69 Å². The molecule has 0 aliphatic rings. The number of nitrogens with zero attached hydrogens (tertiary/aromatic N) is 1. The second kappa shape index (κ2) is 5.46. The smallest absolute Gasteiger partial charge is 0.252 e. The van der Waals surface area contributed by atoms with Gasteiger partial charge in [0.25, 0.3) is 5.91 Å². The molecule has 0 aliphatic carbocycles. The Morgan fingerprint density at radius 2 is 2.12 bits per heavy atom. The molecule has 88 valence electrons. The molecule has 0 saturated heterocycles. The first-order valence-electron chi connectivity index (χ1n) is 5.22. The number of likely N-dealkylation sites (N-methyl/N-ethyl adjacent to an activating group) is 1. The van der Waals surface area contributed by atoms with Gasteiger partial charge in [-0.1, -0.05) is 0 Å². The minimum atomic E-state index is -0.447. The van der Waals surface area contributed by atoms with Crippen LogP contribution in [-0.2, 0) is 0 Å². The van der Waals surface area contributed by atoms with E-state index in [0.29, 0.717) is 11.3 Å². The average Bonchev–Trinajstić information content (AvgIpc) is 2.16. The van der Waals surface area contributed by atoms with E-state index in [1.165, 1.54) is 0 Å². The largest absolute Gasteiger partial charge is 0.383 e. The van der Waals surface area contributed by atoms with Crippen LogP contribution in [0.15, 0.2) is 6.07 Å². The van der Waals surface area contributed by atoms with Gasteiger partial charge in [0.2, 0.25) is 0 Å². The van der Waals surface area contributed by atoms with Gasteiger partial charge in [-0.3, -0.25) is 9.78 Å². The summed E-state index contributed by atoms with van der Waals surface area (Å²) in [7, 11) is 1.87. The van der Waals surface area contributed by atoms with Crippen molar-refractivity contribution in [3.8, 4) is 0 Å². The molecule has 16 heavy (non-hydrogen) atoms. The maximum atomic E-state index is 11.3. The molecule has 4 N–H and O–H groups in total. The number of anilines is 1. The number of amides is 1. The molecule has 0 radical (unpaired) electrons. The van der Waals surface area contributed by atoms with Gasteiger partial charge in [-0.2, -0.15) is 0 Å². The van der Waals surface area contributed by atoms with Crippen molar-refractivity contribution in [3.63, 3.8) is 0 Å². The Morgan fingerprint density at radius 1 is 1.44 bits per heavy atom. The van der Waals surface area contributed by atoms with Crippen molar-refractivity contribution in [1.82, 2.24) is 10.3 Å². The third-order valence-corrected chi connectivity index (χ3v) is 2.27. The van der Waals surface area contributed by atoms with Crippen LogP contribution < -0.4 is 16.4 Å². The summed E-state index contributed by atoms with van der Waals surface area (Å²) in [5.41, 5.74) is 8.10. The lowest BCUT2D eigenvalue weighted by molar-refractivity contribution is 0.1000. The number of rotatable bonds is 5. The first kappa shape index (κ1) is 12.4. The first-order valence-corrected chi connectivity index (χ1v) is 5.22. The summed E-state index contributed by atoms with van der Waals surface area (Å²) in [6, 6.07) is 1.84. The fourth-order valence-electron chi connectivity index (χ4n) is 1.60. The minimum Gasteiger partial charge on any atom is -0.383 e. The van der Waals surface area contributed by atoms with E-state index in [-0.39, 0.29) is 0 Å². The molecule has 5 nitrogen and oxygen atoms in total. The highest BCUT2D eigenvalue weighted by Crippen LogP contribution is 2.18. The van der Waals surface area contributed by atoms with Crippen LogP contribution in [0.1, 0.15) is 21.7 Å². The molecular weight excluding hydrogens is 204 g/mol. The number of carbonyl (C=O) groups excluding carboxylic acids is 1. The molecule has 0 fully saturated rings. The number of primary amides is 1.